The van der Waals surface area contributed by atoms with Gasteiger partial charge in [0.25, 0.3) is 0 Å². The Labute approximate surface area is 87.7 Å². The molecular formula is C14H19. The third-order valence-electron chi connectivity index (χ3n) is 2.14. The highest BCUT2D eigenvalue weighted by Gasteiger charge is 1.83. The Balaban J connectivity index is 2.35. The van der Waals surface area contributed by atoms with E-state index in [1.165, 1.54) is 25.7 Å². The quantitative estimate of drug-likeness (QED) is 0.528. The van der Waals surface area contributed by atoms with Crippen molar-refractivity contribution in [3.05, 3.63) is 55.0 Å². The molecule has 0 atom stereocenters. The molecule has 0 N–H and O–H groups in total. The molecule has 0 heterocycles. The van der Waals surface area contributed by atoms with Crippen LogP contribution in [0, 0.1) is 6.42 Å². The van der Waals surface area contributed by atoms with Crippen molar-refractivity contribution < 1.29 is 0 Å². The zero-order valence-electron chi connectivity index (χ0n) is 8.73. The predicted molar refractivity (Wildman–Crippen MR) is 63.9 cm³/mol. The van der Waals surface area contributed by atoms with E-state index in [0.29, 0.717) is 0 Å². The van der Waals surface area contributed by atoms with E-state index < -0.39 is 0 Å². The van der Waals surface area contributed by atoms with E-state index in [1.807, 2.05) is 0 Å². The topological polar surface area (TPSA) is 0 Å². The van der Waals surface area contributed by atoms with Crippen molar-refractivity contribution in [3.8, 4) is 0 Å². The zero-order valence-corrected chi connectivity index (χ0v) is 8.73. The monoisotopic (exact) mass is 187 g/mol. The van der Waals surface area contributed by atoms with Crippen LogP contribution in [0.15, 0.2) is 48.6 Å². The molecule has 0 heteroatoms. The second kappa shape index (κ2) is 8.55. The number of allylic oxidation sites excluding steroid dienone is 8. The van der Waals surface area contributed by atoms with Gasteiger partial charge in [-0.3, -0.25) is 0 Å². The van der Waals surface area contributed by atoms with Gasteiger partial charge >= 0.3 is 0 Å². The summed E-state index contributed by atoms with van der Waals surface area (Å²) in [5.41, 5.74) is 0. The van der Waals surface area contributed by atoms with Gasteiger partial charge in [-0.25, -0.2) is 0 Å². The molecule has 1 rings (SSSR count). The third-order valence-corrected chi connectivity index (χ3v) is 2.14. The molecule has 0 aromatic rings. The van der Waals surface area contributed by atoms with E-state index in [1.54, 1.807) is 0 Å². The Morgan fingerprint density at radius 3 is 2.00 bits per heavy atom. The van der Waals surface area contributed by atoms with Crippen LogP contribution in [-0.4, -0.2) is 0 Å². The van der Waals surface area contributed by atoms with Gasteiger partial charge in [-0.1, -0.05) is 48.6 Å². The summed E-state index contributed by atoms with van der Waals surface area (Å²) in [6, 6.07) is 0. The van der Waals surface area contributed by atoms with Crippen molar-refractivity contribution in [1.82, 2.24) is 0 Å². The van der Waals surface area contributed by atoms with E-state index in [4.69, 9.17) is 0 Å². The molecule has 0 aliphatic heterocycles. The van der Waals surface area contributed by atoms with Crippen LogP contribution < -0.4 is 0 Å². The van der Waals surface area contributed by atoms with Gasteiger partial charge in [0.05, 0.1) is 0 Å². The van der Waals surface area contributed by atoms with Crippen LogP contribution in [0.3, 0.4) is 0 Å². The first kappa shape index (κ1) is 11.0. The van der Waals surface area contributed by atoms with Crippen molar-refractivity contribution >= 4 is 0 Å². The minimum absolute atomic E-state index is 1.02. The summed E-state index contributed by atoms with van der Waals surface area (Å²) in [4.78, 5) is 0. The average Bonchev–Trinajstić information content (AvgIpc) is 2.22. The van der Waals surface area contributed by atoms with Crippen LogP contribution in [0.25, 0.3) is 0 Å². The van der Waals surface area contributed by atoms with Crippen molar-refractivity contribution in [2.24, 2.45) is 0 Å². The van der Waals surface area contributed by atoms with Crippen LogP contribution in [0.5, 0.6) is 0 Å². The molecule has 1 radical (unpaired) electrons. The third kappa shape index (κ3) is 6.47. The molecule has 0 unspecified atom stereocenters. The van der Waals surface area contributed by atoms with Gasteiger partial charge in [0.2, 0.25) is 0 Å². The summed E-state index contributed by atoms with van der Waals surface area (Å²) >= 11 is 0. The smallest absolute Gasteiger partial charge is 0.00442 e. The van der Waals surface area contributed by atoms with Gasteiger partial charge in [0.15, 0.2) is 0 Å². The molecule has 0 spiro atoms. The van der Waals surface area contributed by atoms with Gasteiger partial charge in [-0.2, -0.15) is 0 Å². The maximum atomic E-state index is 2.25. The largest absolute Gasteiger partial charge is 0.0879 e. The molecule has 14 heavy (non-hydrogen) atoms. The molecule has 0 aromatic carbocycles. The fourth-order valence-electron chi connectivity index (χ4n) is 1.33. The minimum Gasteiger partial charge on any atom is -0.0879 e. The number of hydrogen-bond acceptors (Lipinski definition) is 0. The lowest BCUT2D eigenvalue weighted by Gasteiger charge is -1.92. The summed E-state index contributed by atoms with van der Waals surface area (Å²) in [5, 5.41) is 0. The summed E-state index contributed by atoms with van der Waals surface area (Å²) in [7, 11) is 0. The molecule has 75 valence electrons. The average molecular weight is 187 g/mol. The van der Waals surface area contributed by atoms with Gasteiger partial charge < -0.3 is 0 Å². The standard InChI is InChI=1S/C14H19/c1-2-4-6-8-10-12-14-13-11-9-7-5-3-1/h1-5,8,10,12,14H,6-7,9,11,13H2/b4-2+,5-3+,10-8+,14-12-. The maximum Gasteiger partial charge on any atom is 0.00442 e. The zero-order chi connectivity index (χ0) is 9.90. The molecule has 0 aromatic heterocycles. The van der Waals surface area contributed by atoms with E-state index >= 15 is 0 Å². The fraction of sp³-hybridized carbons (Fsp3) is 0.357. The fourth-order valence-corrected chi connectivity index (χ4v) is 1.33. The molecule has 0 nitrogen and oxygen atoms in total. The van der Waals surface area contributed by atoms with Gasteiger partial charge in [0.1, 0.15) is 0 Å². The highest BCUT2D eigenvalue weighted by molar-refractivity contribution is 5.11. The Morgan fingerprint density at radius 1 is 0.571 bits per heavy atom. The van der Waals surface area contributed by atoms with E-state index in [2.05, 4.69) is 55.0 Å². The van der Waals surface area contributed by atoms with Gasteiger partial charge in [-0.05, 0) is 32.1 Å². The minimum atomic E-state index is 1.02. The molecule has 0 bridgehead atoms. The Morgan fingerprint density at radius 2 is 1.14 bits per heavy atom. The lowest BCUT2D eigenvalue weighted by Crippen LogP contribution is -1.73. The highest BCUT2D eigenvalue weighted by Crippen LogP contribution is 2.03. The summed E-state index contributed by atoms with van der Waals surface area (Å²) < 4.78 is 0. The van der Waals surface area contributed by atoms with Crippen LogP contribution in [0.1, 0.15) is 32.1 Å². The van der Waals surface area contributed by atoms with E-state index in [0.717, 1.165) is 6.42 Å². The van der Waals surface area contributed by atoms with Crippen LogP contribution in [-0.2, 0) is 0 Å². The molecule has 0 saturated heterocycles. The molecular weight excluding hydrogens is 168 g/mol. The molecule has 0 amide bonds. The first-order valence-corrected chi connectivity index (χ1v) is 5.47. The lowest BCUT2D eigenvalue weighted by atomic mass is 10.1. The maximum absolute atomic E-state index is 2.25. The Kier molecular flexibility index (Phi) is 6.74. The summed E-state index contributed by atoms with van der Waals surface area (Å²) in [5.74, 6) is 0. The molecule has 1 aliphatic carbocycles. The van der Waals surface area contributed by atoms with Crippen molar-refractivity contribution in [2.45, 2.75) is 32.1 Å². The lowest BCUT2D eigenvalue weighted by molar-refractivity contribution is 0.762. The molecule has 0 saturated carbocycles. The van der Waals surface area contributed by atoms with Crippen molar-refractivity contribution in [2.75, 3.05) is 0 Å². The second-order valence-corrected chi connectivity index (χ2v) is 3.43. The Hall–Kier alpha value is -1.04. The van der Waals surface area contributed by atoms with Crippen molar-refractivity contribution in [1.29, 1.82) is 0 Å². The predicted octanol–water partition coefficient (Wildman–Crippen LogP) is 4.38. The number of hydrogen-bond donors (Lipinski definition) is 0. The van der Waals surface area contributed by atoms with E-state index in [9.17, 15) is 0 Å². The first-order valence-electron chi connectivity index (χ1n) is 5.47. The Bertz CT molecular complexity index is 228. The second-order valence-electron chi connectivity index (χ2n) is 3.43. The summed E-state index contributed by atoms with van der Waals surface area (Å²) in [6.07, 6.45) is 25.5. The van der Waals surface area contributed by atoms with Crippen LogP contribution in [0.4, 0.5) is 0 Å². The molecule has 1 aliphatic rings. The normalized spacial score (nSPS) is 28.6. The summed E-state index contributed by atoms with van der Waals surface area (Å²) in [6.45, 7) is 0. The van der Waals surface area contributed by atoms with Crippen LogP contribution in [0.2, 0.25) is 0 Å². The first-order chi connectivity index (χ1) is 7.00. The van der Waals surface area contributed by atoms with E-state index in [-0.39, 0.29) is 0 Å². The van der Waals surface area contributed by atoms with Crippen LogP contribution >= 0.6 is 0 Å². The molecule has 0 fully saturated rings. The SMILES string of the molecule is [CH]1/C=C/C/C=C/C=C\CCCC/C=C/1. The van der Waals surface area contributed by atoms with Crippen molar-refractivity contribution in [3.63, 3.8) is 0 Å². The van der Waals surface area contributed by atoms with Gasteiger partial charge in [-0.15, -0.1) is 0 Å². The van der Waals surface area contributed by atoms with Gasteiger partial charge in [0, 0.05) is 6.42 Å². The highest BCUT2D eigenvalue weighted by atomic mass is 13.9. The number of rotatable bonds is 0.